The summed E-state index contributed by atoms with van der Waals surface area (Å²) in [5, 5.41) is 9.05. The molecule has 2 aliphatic heterocycles. The first-order chi connectivity index (χ1) is 10.2. The van der Waals surface area contributed by atoms with Crippen LogP contribution in [0.5, 0.6) is 0 Å². The largest absolute Gasteiger partial charge is 0.314 e. The van der Waals surface area contributed by atoms with E-state index in [1.165, 1.54) is 51.0 Å². The zero-order valence-electron chi connectivity index (χ0n) is 13.2. The standard InChI is InChI=1S/C16H27ClN4/c1-3-21-15(16(17)12(2)19-21)11-20-9-6-13(7-10-20)14-5-4-8-18-14/h13-14,18H,3-11H2,1-2H3. The maximum atomic E-state index is 6.42. The smallest absolute Gasteiger partial charge is 0.0860 e. The van der Waals surface area contributed by atoms with Gasteiger partial charge in [-0.25, -0.2) is 0 Å². The van der Waals surface area contributed by atoms with Crippen LogP contribution in [0, 0.1) is 12.8 Å². The lowest BCUT2D eigenvalue weighted by Crippen LogP contribution is -2.40. The molecule has 0 spiro atoms. The topological polar surface area (TPSA) is 33.1 Å². The third-order valence-corrected chi connectivity index (χ3v) is 5.62. The molecule has 4 nitrogen and oxygen atoms in total. The van der Waals surface area contributed by atoms with Gasteiger partial charge in [0.15, 0.2) is 0 Å². The maximum absolute atomic E-state index is 6.42. The first-order valence-corrected chi connectivity index (χ1v) is 8.74. The van der Waals surface area contributed by atoms with Gasteiger partial charge in [-0.3, -0.25) is 9.58 Å². The lowest BCUT2D eigenvalue weighted by atomic mass is 9.88. The van der Waals surface area contributed by atoms with E-state index in [0.29, 0.717) is 0 Å². The predicted molar refractivity (Wildman–Crippen MR) is 86.7 cm³/mol. The molecular formula is C16H27ClN4. The number of nitrogens with one attached hydrogen (secondary N) is 1. The van der Waals surface area contributed by atoms with Crippen LogP contribution >= 0.6 is 11.6 Å². The van der Waals surface area contributed by atoms with E-state index < -0.39 is 0 Å². The van der Waals surface area contributed by atoms with Crippen LogP contribution in [-0.2, 0) is 13.1 Å². The first-order valence-electron chi connectivity index (χ1n) is 8.36. The highest BCUT2D eigenvalue weighted by atomic mass is 35.5. The van der Waals surface area contributed by atoms with Crippen molar-refractivity contribution in [3.63, 3.8) is 0 Å². The van der Waals surface area contributed by atoms with Gasteiger partial charge in [-0.05, 0) is 65.1 Å². The van der Waals surface area contributed by atoms with E-state index in [9.17, 15) is 0 Å². The number of hydrogen-bond acceptors (Lipinski definition) is 3. The Morgan fingerprint density at radius 3 is 2.67 bits per heavy atom. The van der Waals surface area contributed by atoms with Gasteiger partial charge >= 0.3 is 0 Å². The van der Waals surface area contributed by atoms with Crippen LogP contribution in [0.2, 0.25) is 5.02 Å². The maximum Gasteiger partial charge on any atom is 0.0860 e. The molecule has 0 aromatic carbocycles. The van der Waals surface area contributed by atoms with Crippen molar-refractivity contribution in [1.29, 1.82) is 0 Å². The quantitative estimate of drug-likeness (QED) is 0.928. The van der Waals surface area contributed by atoms with Crippen LogP contribution in [0.1, 0.15) is 44.0 Å². The molecule has 2 saturated heterocycles. The van der Waals surface area contributed by atoms with Crippen molar-refractivity contribution < 1.29 is 0 Å². The Bertz CT molecular complexity index is 471. The van der Waals surface area contributed by atoms with Gasteiger partial charge in [0.25, 0.3) is 0 Å². The molecule has 1 aromatic rings. The monoisotopic (exact) mass is 310 g/mol. The van der Waals surface area contributed by atoms with Crippen LogP contribution in [0.4, 0.5) is 0 Å². The number of halogens is 1. The van der Waals surface area contributed by atoms with Crippen LogP contribution < -0.4 is 5.32 Å². The van der Waals surface area contributed by atoms with Gasteiger partial charge in [-0.2, -0.15) is 5.10 Å². The van der Waals surface area contributed by atoms with Gasteiger partial charge in [-0.15, -0.1) is 0 Å². The molecule has 2 fully saturated rings. The summed E-state index contributed by atoms with van der Waals surface area (Å²) < 4.78 is 2.06. The lowest BCUT2D eigenvalue weighted by Gasteiger charge is -2.34. The summed E-state index contributed by atoms with van der Waals surface area (Å²) in [7, 11) is 0. The predicted octanol–water partition coefficient (Wildman–Crippen LogP) is 2.83. The Morgan fingerprint density at radius 1 is 1.29 bits per heavy atom. The third kappa shape index (κ3) is 3.27. The van der Waals surface area contributed by atoms with E-state index in [-0.39, 0.29) is 0 Å². The molecule has 0 bridgehead atoms. The van der Waals surface area contributed by atoms with Gasteiger partial charge in [-0.1, -0.05) is 11.6 Å². The van der Waals surface area contributed by atoms with Gasteiger partial charge in [0.2, 0.25) is 0 Å². The third-order valence-electron chi connectivity index (χ3n) is 5.13. The molecule has 0 aliphatic carbocycles. The fourth-order valence-corrected chi connectivity index (χ4v) is 4.05. The van der Waals surface area contributed by atoms with Crippen LogP contribution in [-0.4, -0.2) is 40.4 Å². The molecule has 1 unspecified atom stereocenters. The molecule has 0 radical (unpaired) electrons. The van der Waals surface area contributed by atoms with Gasteiger partial charge < -0.3 is 5.32 Å². The van der Waals surface area contributed by atoms with E-state index in [0.717, 1.165) is 35.8 Å². The molecule has 1 N–H and O–H groups in total. The zero-order chi connectivity index (χ0) is 14.8. The summed E-state index contributed by atoms with van der Waals surface area (Å²) in [5.74, 6) is 0.872. The van der Waals surface area contributed by atoms with E-state index in [1.54, 1.807) is 0 Å². The molecule has 21 heavy (non-hydrogen) atoms. The summed E-state index contributed by atoms with van der Waals surface area (Å²) in [6.07, 6.45) is 5.36. The minimum absolute atomic E-state index is 0.777. The van der Waals surface area contributed by atoms with E-state index >= 15 is 0 Å². The molecule has 5 heteroatoms. The fourth-order valence-electron chi connectivity index (χ4n) is 3.86. The van der Waals surface area contributed by atoms with Crippen molar-refractivity contribution in [2.75, 3.05) is 19.6 Å². The summed E-state index contributed by atoms with van der Waals surface area (Å²) in [4.78, 5) is 2.54. The second-order valence-electron chi connectivity index (χ2n) is 6.48. The van der Waals surface area contributed by atoms with E-state index in [2.05, 4.69) is 26.9 Å². The number of nitrogens with zero attached hydrogens (tertiary/aromatic N) is 3. The highest BCUT2D eigenvalue weighted by Crippen LogP contribution is 2.28. The Balaban J connectivity index is 1.58. The van der Waals surface area contributed by atoms with E-state index in [4.69, 9.17) is 11.6 Å². The van der Waals surface area contributed by atoms with Crippen molar-refractivity contribution in [1.82, 2.24) is 20.0 Å². The van der Waals surface area contributed by atoms with Crippen molar-refractivity contribution in [3.05, 3.63) is 16.4 Å². The number of likely N-dealkylation sites (tertiary alicyclic amines) is 1. The summed E-state index contributed by atoms with van der Waals surface area (Å²) >= 11 is 6.42. The molecule has 1 atom stereocenters. The minimum Gasteiger partial charge on any atom is -0.314 e. The molecule has 2 aliphatic rings. The second kappa shape index (κ2) is 6.67. The Labute approximate surface area is 132 Å². The second-order valence-corrected chi connectivity index (χ2v) is 6.86. The zero-order valence-corrected chi connectivity index (χ0v) is 14.0. The number of aryl methyl sites for hydroxylation is 2. The summed E-state index contributed by atoms with van der Waals surface area (Å²) in [6, 6.07) is 0.777. The van der Waals surface area contributed by atoms with Crippen molar-refractivity contribution in [3.8, 4) is 0 Å². The molecule has 3 heterocycles. The first kappa shape index (κ1) is 15.3. The molecule has 0 amide bonds. The summed E-state index contributed by atoms with van der Waals surface area (Å²) in [5.41, 5.74) is 2.15. The van der Waals surface area contributed by atoms with Crippen LogP contribution in [0.15, 0.2) is 0 Å². The SMILES string of the molecule is CCn1nc(C)c(Cl)c1CN1CCC(C2CCCN2)CC1. The van der Waals surface area contributed by atoms with Gasteiger partial charge in [0.05, 0.1) is 16.4 Å². The average molecular weight is 311 g/mol. The average Bonchev–Trinajstić information content (AvgIpc) is 3.12. The van der Waals surface area contributed by atoms with Crippen LogP contribution in [0.25, 0.3) is 0 Å². The molecule has 1 aromatic heterocycles. The normalized spacial score (nSPS) is 24.8. The molecule has 118 valence electrons. The highest BCUT2D eigenvalue weighted by Gasteiger charge is 2.29. The van der Waals surface area contributed by atoms with Crippen molar-refractivity contribution in [2.45, 2.75) is 58.7 Å². The van der Waals surface area contributed by atoms with Crippen molar-refractivity contribution in [2.24, 2.45) is 5.92 Å². The minimum atomic E-state index is 0.777. The molecule has 0 saturated carbocycles. The van der Waals surface area contributed by atoms with Crippen molar-refractivity contribution >= 4 is 11.6 Å². The Hall–Kier alpha value is -0.580. The number of piperidine rings is 1. The number of rotatable bonds is 4. The molecule has 3 rings (SSSR count). The summed E-state index contributed by atoms with van der Waals surface area (Å²) in [6.45, 7) is 9.56. The van der Waals surface area contributed by atoms with Gasteiger partial charge in [0, 0.05) is 19.1 Å². The number of hydrogen-bond donors (Lipinski definition) is 1. The van der Waals surface area contributed by atoms with E-state index in [1.807, 2.05) is 6.92 Å². The lowest BCUT2D eigenvalue weighted by molar-refractivity contribution is 0.154. The van der Waals surface area contributed by atoms with Gasteiger partial charge in [0.1, 0.15) is 0 Å². The Kier molecular flexibility index (Phi) is 4.87. The molecular weight excluding hydrogens is 284 g/mol. The fraction of sp³-hybridized carbons (Fsp3) is 0.812. The van der Waals surface area contributed by atoms with Crippen LogP contribution in [0.3, 0.4) is 0 Å². The number of aromatic nitrogens is 2. The Morgan fingerprint density at radius 2 is 2.05 bits per heavy atom. The highest BCUT2D eigenvalue weighted by molar-refractivity contribution is 6.31.